The van der Waals surface area contributed by atoms with Crippen molar-refractivity contribution in [2.75, 3.05) is 39.5 Å². The van der Waals surface area contributed by atoms with Gasteiger partial charge in [0.25, 0.3) is 5.91 Å². The van der Waals surface area contributed by atoms with Gasteiger partial charge in [-0.3, -0.25) is 4.79 Å². The minimum absolute atomic E-state index is 0.0522. The Bertz CT molecular complexity index is 1280. The van der Waals surface area contributed by atoms with Crippen LogP contribution in [0.5, 0.6) is 11.5 Å². The molecule has 3 aliphatic heterocycles. The first-order valence-electron chi connectivity index (χ1n) is 12.5. The largest absolute Gasteiger partial charge is 0.453 e. The maximum absolute atomic E-state index is 14.8. The summed E-state index contributed by atoms with van der Waals surface area (Å²) in [6, 6.07) is 10.1. The van der Waals surface area contributed by atoms with Gasteiger partial charge in [-0.25, -0.2) is 8.78 Å². The van der Waals surface area contributed by atoms with E-state index in [2.05, 4.69) is 16.3 Å². The van der Waals surface area contributed by atoms with E-state index in [-0.39, 0.29) is 41.5 Å². The highest BCUT2D eigenvalue weighted by Gasteiger charge is 2.40. The maximum Gasteiger partial charge on any atom is 0.257 e. The molecule has 0 bridgehead atoms. The summed E-state index contributed by atoms with van der Waals surface area (Å²) in [7, 11) is 0. The summed E-state index contributed by atoms with van der Waals surface area (Å²) >= 11 is 1.61. The lowest BCUT2D eigenvalue weighted by Gasteiger charge is -2.34. The van der Waals surface area contributed by atoms with Gasteiger partial charge in [0.2, 0.25) is 18.4 Å². The zero-order valence-corrected chi connectivity index (χ0v) is 21.0. The number of thiophene rings is 1. The third-order valence-corrected chi connectivity index (χ3v) is 8.60. The topological polar surface area (TPSA) is 42.0 Å². The Balaban J connectivity index is 1.16. The van der Waals surface area contributed by atoms with Crippen molar-refractivity contribution in [1.29, 1.82) is 0 Å². The quantitative estimate of drug-likeness (QED) is 0.431. The van der Waals surface area contributed by atoms with Crippen LogP contribution in [-0.4, -0.2) is 55.2 Å². The van der Waals surface area contributed by atoms with Crippen LogP contribution in [0, 0.1) is 23.4 Å². The van der Waals surface area contributed by atoms with Crippen molar-refractivity contribution in [3.05, 3.63) is 81.3 Å². The van der Waals surface area contributed by atoms with Gasteiger partial charge in [0, 0.05) is 31.6 Å². The van der Waals surface area contributed by atoms with Crippen molar-refractivity contribution in [3.8, 4) is 11.5 Å². The number of amides is 1. The minimum atomic E-state index is -1.20. The van der Waals surface area contributed by atoms with Gasteiger partial charge in [-0.2, -0.15) is 15.7 Å². The number of hydrogen-bond acceptors (Lipinski definition) is 5. The summed E-state index contributed by atoms with van der Waals surface area (Å²) in [5.74, 6) is -2.67. The molecule has 0 aliphatic carbocycles. The van der Waals surface area contributed by atoms with Gasteiger partial charge in [-0.1, -0.05) is 12.1 Å². The summed E-state index contributed by atoms with van der Waals surface area (Å²) in [5, 5.41) is 4.13. The minimum Gasteiger partial charge on any atom is -0.453 e. The Labute approximate surface area is 217 Å². The fourth-order valence-electron chi connectivity index (χ4n) is 5.91. The number of piperidine rings is 1. The first-order valence-corrected chi connectivity index (χ1v) is 13.5. The van der Waals surface area contributed by atoms with E-state index >= 15 is 0 Å². The number of benzene rings is 2. The van der Waals surface area contributed by atoms with Crippen molar-refractivity contribution in [2.45, 2.75) is 24.7 Å². The average molecular weight is 529 g/mol. The smallest absolute Gasteiger partial charge is 0.257 e. The number of nitrogens with zero attached hydrogens (tertiary/aromatic N) is 2. The molecule has 2 atom stereocenters. The van der Waals surface area contributed by atoms with E-state index in [1.807, 2.05) is 17.5 Å². The molecule has 2 saturated heterocycles. The van der Waals surface area contributed by atoms with Crippen molar-refractivity contribution in [3.63, 3.8) is 0 Å². The Hall–Kier alpha value is -3.04. The van der Waals surface area contributed by atoms with Crippen molar-refractivity contribution < 1.29 is 27.4 Å². The monoisotopic (exact) mass is 528 g/mol. The van der Waals surface area contributed by atoms with E-state index in [0.717, 1.165) is 32.5 Å². The zero-order valence-electron chi connectivity index (χ0n) is 20.2. The number of likely N-dealkylation sites (tertiary alicyclic amines) is 2. The Morgan fingerprint density at radius 1 is 0.973 bits per heavy atom. The lowest BCUT2D eigenvalue weighted by Crippen LogP contribution is -2.38. The van der Waals surface area contributed by atoms with Gasteiger partial charge >= 0.3 is 0 Å². The third-order valence-electron chi connectivity index (χ3n) is 7.90. The predicted molar refractivity (Wildman–Crippen MR) is 134 cm³/mol. The fourth-order valence-corrected chi connectivity index (χ4v) is 6.63. The predicted octanol–water partition coefficient (Wildman–Crippen LogP) is 5.63. The third kappa shape index (κ3) is 4.70. The van der Waals surface area contributed by atoms with Crippen molar-refractivity contribution >= 4 is 17.2 Å². The second kappa shape index (κ2) is 10.0. The normalized spacial score (nSPS) is 22.1. The molecule has 5 nitrogen and oxygen atoms in total. The summed E-state index contributed by atoms with van der Waals surface area (Å²) in [6.07, 6.45) is 1.98. The number of carbonyl (C=O) groups excluding carboxylic acids is 1. The van der Waals surface area contributed by atoms with Crippen LogP contribution in [0.3, 0.4) is 0 Å². The molecular weight excluding hydrogens is 501 g/mol. The molecule has 0 N–H and O–H groups in total. The Morgan fingerprint density at radius 2 is 1.76 bits per heavy atom. The zero-order chi connectivity index (χ0) is 25.5. The van der Waals surface area contributed by atoms with E-state index in [9.17, 15) is 18.0 Å². The molecule has 3 aromatic rings. The van der Waals surface area contributed by atoms with Gasteiger partial charge in [0.15, 0.2) is 11.6 Å². The molecule has 6 rings (SSSR count). The molecule has 37 heavy (non-hydrogen) atoms. The number of carbonyl (C=O) groups is 1. The van der Waals surface area contributed by atoms with E-state index < -0.39 is 17.5 Å². The number of rotatable bonds is 5. The van der Waals surface area contributed by atoms with Crippen molar-refractivity contribution in [1.82, 2.24) is 9.80 Å². The molecular formula is C28H27F3N2O3S. The van der Waals surface area contributed by atoms with E-state index in [4.69, 9.17) is 9.47 Å². The van der Waals surface area contributed by atoms with Gasteiger partial charge in [0.05, 0.1) is 5.56 Å². The first kappa shape index (κ1) is 24.3. The first-order chi connectivity index (χ1) is 18.0. The SMILES string of the molecule is O=C(c1cc2c(c(F)c1F)OCO2)N1CC(CN2CCC(c3ccc(F)cc3)CC2)C(c2ccsc2)C1. The van der Waals surface area contributed by atoms with Gasteiger partial charge < -0.3 is 19.3 Å². The molecule has 3 aliphatic rings. The van der Waals surface area contributed by atoms with Crippen molar-refractivity contribution in [2.24, 2.45) is 5.92 Å². The molecule has 9 heteroatoms. The van der Waals surface area contributed by atoms with E-state index in [1.54, 1.807) is 16.2 Å². The lowest BCUT2D eigenvalue weighted by molar-refractivity contribution is 0.0775. The van der Waals surface area contributed by atoms with Gasteiger partial charge in [-0.15, -0.1) is 0 Å². The summed E-state index contributed by atoms with van der Waals surface area (Å²) in [5.41, 5.74) is 2.02. The second-order valence-corrected chi connectivity index (χ2v) is 10.8. The van der Waals surface area contributed by atoms with Gasteiger partial charge in [0.1, 0.15) is 5.82 Å². The van der Waals surface area contributed by atoms with E-state index in [1.165, 1.54) is 29.3 Å². The molecule has 0 spiro atoms. The molecule has 1 amide bonds. The number of hydrogen-bond donors (Lipinski definition) is 0. The van der Waals surface area contributed by atoms with Crippen LogP contribution in [0.15, 0.2) is 47.2 Å². The molecule has 0 radical (unpaired) electrons. The van der Waals surface area contributed by atoms with Crippen LogP contribution in [-0.2, 0) is 0 Å². The molecule has 2 unspecified atom stereocenters. The van der Waals surface area contributed by atoms with Crippen LogP contribution in [0.2, 0.25) is 0 Å². The fraction of sp³-hybridized carbons (Fsp3) is 0.393. The molecule has 2 aromatic carbocycles. The molecule has 0 saturated carbocycles. The Kier molecular flexibility index (Phi) is 6.58. The molecule has 1 aromatic heterocycles. The molecule has 4 heterocycles. The summed E-state index contributed by atoms with van der Waals surface area (Å²) in [6.45, 7) is 3.37. The van der Waals surface area contributed by atoms with Crippen LogP contribution in [0.1, 0.15) is 46.2 Å². The van der Waals surface area contributed by atoms with E-state index in [0.29, 0.717) is 19.0 Å². The highest BCUT2D eigenvalue weighted by Crippen LogP contribution is 2.40. The van der Waals surface area contributed by atoms with Crippen LogP contribution >= 0.6 is 11.3 Å². The average Bonchev–Trinajstić information content (AvgIpc) is 3.68. The second-order valence-electron chi connectivity index (χ2n) is 10.0. The molecule has 2 fully saturated rings. The van der Waals surface area contributed by atoms with Crippen LogP contribution in [0.25, 0.3) is 0 Å². The Morgan fingerprint density at radius 3 is 2.49 bits per heavy atom. The summed E-state index contributed by atoms with van der Waals surface area (Å²) in [4.78, 5) is 17.4. The number of fused-ring (bicyclic) bond motifs is 1. The highest BCUT2D eigenvalue weighted by atomic mass is 32.1. The van der Waals surface area contributed by atoms with Crippen LogP contribution < -0.4 is 9.47 Å². The highest BCUT2D eigenvalue weighted by molar-refractivity contribution is 7.08. The lowest BCUT2D eigenvalue weighted by atomic mass is 9.87. The standard InChI is InChI=1S/C28H27F3N2O3S/c29-21-3-1-17(2-4-21)18-5-8-32(9-6-18)12-20-13-33(14-23(20)19-7-10-37-15-19)28(34)22-11-24-27(36-16-35-24)26(31)25(22)30/h1-4,7,10-11,15,18,20,23H,5-6,8-9,12-14,16H2. The maximum atomic E-state index is 14.8. The number of ether oxygens (including phenoxy) is 2. The molecule has 194 valence electrons. The summed E-state index contributed by atoms with van der Waals surface area (Å²) < 4.78 is 52.8. The van der Waals surface area contributed by atoms with Crippen LogP contribution in [0.4, 0.5) is 13.2 Å². The van der Waals surface area contributed by atoms with Gasteiger partial charge in [-0.05, 0) is 77.9 Å². The number of halogens is 3.